The molecule has 3 aliphatic heterocycles. The minimum absolute atomic E-state index is 0.123. The summed E-state index contributed by atoms with van der Waals surface area (Å²) in [7, 11) is -2.59. The van der Waals surface area contributed by atoms with Gasteiger partial charge in [0.2, 0.25) is 8.32 Å². The van der Waals surface area contributed by atoms with Crippen LogP contribution in [0, 0.1) is 17.8 Å². The zero-order chi connectivity index (χ0) is 29.5. The van der Waals surface area contributed by atoms with E-state index < -0.39 is 8.32 Å². The Kier molecular flexibility index (Phi) is 16.8. The second-order valence-corrected chi connectivity index (χ2v) is 16.9. The molecule has 3 rings (SSSR count). The van der Waals surface area contributed by atoms with Gasteiger partial charge in [0.05, 0.1) is 43.0 Å². The zero-order valence-electron chi connectivity index (χ0n) is 27.7. The van der Waals surface area contributed by atoms with E-state index in [2.05, 4.69) is 41.5 Å². The molecule has 0 aromatic heterocycles. The minimum Gasteiger partial charge on any atom is -0.412 e. The fourth-order valence-corrected chi connectivity index (χ4v) is 12.6. The Balaban J connectivity index is 1.96. The van der Waals surface area contributed by atoms with Crippen LogP contribution in [0.1, 0.15) is 125 Å². The highest BCUT2D eigenvalue weighted by molar-refractivity contribution is 6.76. The van der Waals surface area contributed by atoms with Crippen molar-refractivity contribution >= 4 is 8.32 Å². The van der Waals surface area contributed by atoms with Crippen molar-refractivity contribution in [2.24, 2.45) is 17.8 Å². The Morgan fingerprint density at radius 2 is 1.05 bits per heavy atom. The van der Waals surface area contributed by atoms with Gasteiger partial charge in [-0.05, 0) is 70.3 Å². The van der Waals surface area contributed by atoms with Crippen LogP contribution < -0.4 is 0 Å². The number of ether oxygens (including phenoxy) is 5. The molecule has 7 heteroatoms. The third kappa shape index (κ3) is 9.99. The van der Waals surface area contributed by atoms with Gasteiger partial charge < -0.3 is 28.1 Å². The number of unbranched alkanes of at least 4 members (excludes halogenated alkanes) is 2. The summed E-state index contributed by atoms with van der Waals surface area (Å²) in [5.74, 6) is 1.43. The lowest BCUT2D eigenvalue weighted by Gasteiger charge is -2.48. The van der Waals surface area contributed by atoms with Crippen LogP contribution in [-0.4, -0.2) is 77.7 Å². The SMILES string of the molecule is CCCCC(OCC(CC)C1CCO1)[Si](CC(CCC)C1CCO1)(OCC)C(CCCC)OCC(CC)C1CCO1. The first-order valence-corrected chi connectivity index (χ1v) is 20.0. The summed E-state index contributed by atoms with van der Waals surface area (Å²) in [6.07, 6.45) is 15.9. The zero-order valence-corrected chi connectivity index (χ0v) is 28.7. The molecule has 6 nitrogen and oxygen atoms in total. The van der Waals surface area contributed by atoms with Crippen molar-refractivity contribution in [2.75, 3.05) is 39.6 Å². The summed E-state index contributed by atoms with van der Waals surface area (Å²) >= 11 is 0. The highest BCUT2D eigenvalue weighted by atomic mass is 28.4. The molecule has 3 fully saturated rings. The van der Waals surface area contributed by atoms with E-state index in [0.29, 0.717) is 36.1 Å². The lowest BCUT2D eigenvalue weighted by Crippen LogP contribution is -2.64. The second-order valence-electron chi connectivity index (χ2n) is 13.0. The quantitative estimate of drug-likeness (QED) is 0.0992. The number of hydrogen-bond donors (Lipinski definition) is 0. The summed E-state index contributed by atoms with van der Waals surface area (Å²) in [6, 6.07) is 1.08. The van der Waals surface area contributed by atoms with Crippen LogP contribution in [0.3, 0.4) is 0 Å². The molecular weight excluding hydrogens is 532 g/mol. The Hall–Kier alpha value is -0.0231. The maximum atomic E-state index is 7.25. The Morgan fingerprint density at radius 3 is 1.37 bits per heavy atom. The summed E-state index contributed by atoms with van der Waals surface area (Å²) < 4.78 is 39.7. The van der Waals surface area contributed by atoms with E-state index >= 15 is 0 Å². The fourth-order valence-electron chi connectivity index (χ4n) is 7.23. The first-order chi connectivity index (χ1) is 20.1. The smallest absolute Gasteiger partial charge is 0.249 e. The Labute approximate surface area is 254 Å². The van der Waals surface area contributed by atoms with Gasteiger partial charge >= 0.3 is 0 Å². The molecule has 3 heterocycles. The van der Waals surface area contributed by atoms with Crippen LogP contribution >= 0.6 is 0 Å². The van der Waals surface area contributed by atoms with Crippen LogP contribution in [-0.2, 0) is 28.1 Å². The molecule has 8 unspecified atom stereocenters. The molecule has 3 aliphatic rings. The van der Waals surface area contributed by atoms with Crippen molar-refractivity contribution in [3.05, 3.63) is 0 Å². The summed E-state index contributed by atoms with van der Waals surface area (Å²) in [6.45, 7) is 18.6. The van der Waals surface area contributed by atoms with Gasteiger partial charge in [0, 0.05) is 38.3 Å². The van der Waals surface area contributed by atoms with Crippen LogP contribution in [0.15, 0.2) is 0 Å². The van der Waals surface area contributed by atoms with E-state index in [4.69, 9.17) is 28.1 Å². The molecule has 0 radical (unpaired) electrons. The summed E-state index contributed by atoms with van der Waals surface area (Å²) in [5, 5.41) is 0. The monoisotopic (exact) mass is 598 g/mol. The molecule has 0 aromatic carbocycles. The maximum Gasteiger partial charge on any atom is 0.249 e. The third-order valence-electron chi connectivity index (χ3n) is 10.2. The molecule has 0 bridgehead atoms. The second kappa shape index (κ2) is 19.4. The van der Waals surface area contributed by atoms with Gasteiger partial charge in [0.15, 0.2) is 0 Å². The van der Waals surface area contributed by atoms with Gasteiger partial charge in [0.1, 0.15) is 0 Å². The minimum atomic E-state index is -2.59. The van der Waals surface area contributed by atoms with Gasteiger partial charge in [0.25, 0.3) is 0 Å². The molecule has 242 valence electrons. The molecule has 8 atom stereocenters. The molecule has 41 heavy (non-hydrogen) atoms. The first-order valence-electron chi connectivity index (χ1n) is 17.8. The van der Waals surface area contributed by atoms with E-state index in [9.17, 15) is 0 Å². The van der Waals surface area contributed by atoms with E-state index in [1.165, 1.54) is 32.1 Å². The molecule has 0 N–H and O–H groups in total. The van der Waals surface area contributed by atoms with Gasteiger partial charge in [-0.3, -0.25) is 0 Å². The average molecular weight is 599 g/mol. The van der Waals surface area contributed by atoms with Crippen LogP contribution in [0.2, 0.25) is 6.04 Å². The molecule has 3 saturated heterocycles. The summed E-state index contributed by atoms with van der Waals surface area (Å²) in [4.78, 5) is 0. The van der Waals surface area contributed by atoms with Gasteiger partial charge in [-0.15, -0.1) is 0 Å². The third-order valence-corrected chi connectivity index (χ3v) is 15.3. The maximum absolute atomic E-state index is 7.25. The highest BCUT2D eigenvalue weighted by Gasteiger charge is 2.54. The predicted octanol–water partition coefficient (Wildman–Crippen LogP) is 8.03. The molecule has 0 aromatic rings. The van der Waals surface area contributed by atoms with Crippen molar-refractivity contribution < 1.29 is 28.1 Å². The van der Waals surface area contributed by atoms with E-state index in [-0.39, 0.29) is 11.5 Å². The van der Waals surface area contributed by atoms with Crippen LogP contribution in [0.5, 0.6) is 0 Å². The van der Waals surface area contributed by atoms with Gasteiger partial charge in [-0.2, -0.15) is 0 Å². The number of hydrogen-bond acceptors (Lipinski definition) is 6. The first kappa shape index (κ1) is 35.5. The van der Waals surface area contributed by atoms with Crippen molar-refractivity contribution in [1.82, 2.24) is 0 Å². The molecule has 0 amide bonds. The van der Waals surface area contributed by atoms with Crippen molar-refractivity contribution in [3.63, 3.8) is 0 Å². The lowest BCUT2D eigenvalue weighted by atomic mass is 9.94. The van der Waals surface area contributed by atoms with E-state index in [1.54, 1.807) is 0 Å². The summed E-state index contributed by atoms with van der Waals surface area (Å²) in [5.41, 5.74) is 0.246. The van der Waals surface area contributed by atoms with Crippen LogP contribution in [0.25, 0.3) is 0 Å². The predicted molar refractivity (Wildman–Crippen MR) is 170 cm³/mol. The largest absolute Gasteiger partial charge is 0.412 e. The Morgan fingerprint density at radius 1 is 0.610 bits per heavy atom. The molecule has 0 saturated carbocycles. The molecule has 0 aliphatic carbocycles. The average Bonchev–Trinajstić information content (AvgIpc) is 2.88. The van der Waals surface area contributed by atoms with Crippen molar-refractivity contribution in [3.8, 4) is 0 Å². The normalized spacial score (nSPS) is 27.5. The number of rotatable bonds is 25. The Bertz CT molecular complexity index is 630. The fraction of sp³-hybridized carbons (Fsp3) is 1.00. The lowest BCUT2D eigenvalue weighted by molar-refractivity contribution is -0.113. The van der Waals surface area contributed by atoms with E-state index in [0.717, 1.165) is 97.1 Å². The van der Waals surface area contributed by atoms with Crippen LogP contribution in [0.4, 0.5) is 0 Å². The molecule has 0 spiro atoms. The van der Waals surface area contributed by atoms with Gasteiger partial charge in [-0.25, -0.2) is 0 Å². The van der Waals surface area contributed by atoms with Crippen molar-refractivity contribution in [2.45, 2.75) is 161 Å². The van der Waals surface area contributed by atoms with E-state index in [1.807, 2.05) is 0 Å². The van der Waals surface area contributed by atoms with Gasteiger partial charge in [-0.1, -0.05) is 66.7 Å². The standard InChI is InChI=1S/C34H66O6Si/c1-7-13-16-33(38-24-27(10-4)30-18-21-35-30)41(40-12-6,26-29(15-9-3)32-20-23-37-32)34(17-14-8-2)39-25-28(11-5)31-19-22-36-31/h27-34H,7-26H2,1-6H3. The highest BCUT2D eigenvalue weighted by Crippen LogP contribution is 2.40. The topological polar surface area (TPSA) is 55.4 Å². The molecular formula is C34H66O6Si. The van der Waals surface area contributed by atoms with Crippen molar-refractivity contribution in [1.29, 1.82) is 0 Å².